The lowest BCUT2D eigenvalue weighted by molar-refractivity contribution is 0.669. The fourth-order valence-corrected chi connectivity index (χ4v) is 7.09. The van der Waals surface area contributed by atoms with Crippen molar-refractivity contribution in [3.8, 4) is 56.3 Å². The first-order chi connectivity index (χ1) is 25.2. The molecule has 0 saturated heterocycles. The number of benzene rings is 7. The second-order valence-corrected chi connectivity index (χ2v) is 12.8. The van der Waals surface area contributed by atoms with E-state index in [0.717, 1.165) is 83.3 Å². The second-order valence-electron chi connectivity index (χ2n) is 12.8. The summed E-state index contributed by atoms with van der Waals surface area (Å²) < 4.78 is 6.53. The molecular formula is C47H29N3O. The minimum Gasteiger partial charge on any atom is -0.454 e. The van der Waals surface area contributed by atoms with E-state index in [2.05, 4.69) is 127 Å². The van der Waals surface area contributed by atoms with E-state index >= 15 is 0 Å². The molecule has 0 amide bonds. The first-order valence-corrected chi connectivity index (χ1v) is 17.1. The molecule has 0 bridgehead atoms. The van der Waals surface area contributed by atoms with Gasteiger partial charge in [-0.2, -0.15) is 0 Å². The van der Waals surface area contributed by atoms with Crippen LogP contribution in [0.25, 0.3) is 99.9 Å². The first kappa shape index (κ1) is 29.0. The summed E-state index contributed by atoms with van der Waals surface area (Å²) in [6.45, 7) is 0. The third kappa shape index (κ3) is 5.13. The largest absolute Gasteiger partial charge is 0.454 e. The van der Waals surface area contributed by atoms with Crippen molar-refractivity contribution in [3.05, 3.63) is 176 Å². The lowest BCUT2D eigenvalue weighted by Crippen LogP contribution is -1.95. The smallest absolute Gasteiger partial charge is 0.162 e. The molecule has 3 heterocycles. The Morgan fingerprint density at radius 1 is 0.373 bits per heavy atom. The number of para-hydroxylation sites is 1. The van der Waals surface area contributed by atoms with Crippen molar-refractivity contribution in [2.45, 2.75) is 0 Å². The van der Waals surface area contributed by atoms with Crippen LogP contribution < -0.4 is 0 Å². The van der Waals surface area contributed by atoms with Crippen molar-refractivity contribution in [1.29, 1.82) is 0 Å². The van der Waals surface area contributed by atoms with Gasteiger partial charge in [0, 0.05) is 38.4 Å². The van der Waals surface area contributed by atoms with E-state index in [0.29, 0.717) is 5.82 Å². The van der Waals surface area contributed by atoms with E-state index in [4.69, 9.17) is 19.4 Å². The molecule has 4 heteroatoms. The molecule has 0 aliphatic heterocycles. The Morgan fingerprint density at radius 3 is 1.59 bits per heavy atom. The highest BCUT2D eigenvalue weighted by Crippen LogP contribution is 2.41. The van der Waals surface area contributed by atoms with Crippen molar-refractivity contribution in [2.75, 3.05) is 0 Å². The van der Waals surface area contributed by atoms with E-state index in [1.807, 2.05) is 48.5 Å². The molecule has 0 spiro atoms. The number of hydrogen-bond donors (Lipinski definition) is 0. The minimum atomic E-state index is 0.709. The van der Waals surface area contributed by atoms with Crippen LogP contribution in [0.4, 0.5) is 0 Å². The molecule has 3 aromatic heterocycles. The average Bonchev–Trinajstić information content (AvgIpc) is 3.61. The van der Waals surface area contributed by atoms with Gasteiger partial charge in [-0.3, -0.25) is 0 Å². The fourth-order valence-electron chi connectivity index (χ4n) is 7.09. The second kappa shape index (κ2) is 11.9. The van der Waals surface area contributed by atoms with Crippen molar-refractivity contribution in [2.24, 2.45) is 0 Å². The van der Waals surface area contributed by atoms with E-state index in [1.165, 1.54) is 10.8 Å². The van der Waals surface area contributed by atoms with Gasteiger partial charge in [0.15, 0.2) is 11.4 Å². The summed E-state index contributed by atoms with van der Waals surface area (Å²) in [5.74, 6) is 0.709. The number of nitrogens with zero attached hydrogens (tertiary/aromatic N) is 3. The van der Waals surface area contributed by atoms with Gasteiger partial charge >= 0.3 is 0 Å². The van der Waals surface area contributed by atoms with E-state index in [9.17, 15) is 0 Å². The zero-order valence-corrected chi connectivity index (χ0v) is 27.5. The number of furan rings is 1. The summed E-state index contributed by atoms with van der Waals surface area (Å²) in [5.41, 5.74) is 11.6. The van der Waals surface area contributed by atoms with Crippen LogP contribution in [-0.4, -0.2) is 15.0 Å². The summed E-state index contributed by atoms with van der Waals surface area (Å²) in [7, 11) is 0. The van der Waals surface area contributed by atoms with Crippen LogP contribution in [-0.2, 0) is 0 Å². The Labute approximate surface area is 294 Å². The van der Waals surface area contributed by atoms with Gasteiger partial charge in [0.25, 0.3) is 0 Å². The SMILES string of the molecule is c1ccc(-c2cc(-c3ccc(-c4ccc(-c5nc6cc7ccccc7cc6c6c5oc5ccccc56)cc4)cc3)nc(-c3ccccc3)n2)cc1. The molecule has 0 aliphatic carbocycles. The van der Waals surface area contributed by atoms with Gasteiger partial charge in [-0.1, -0.05) is 152 Å². The highest BCUT2D eigenvalue weighted by atomic mass is 16.3. The van der Waals surface area contributed by atoms with E-state index in [-0.39, 0.29) is 0 Å². The standard InChI is InChI=1S/C47H29N3O/c1-3-11-32(12-4-1)40-29-41(50-47(49-40)35-13-5-2-6-14-35)33-23-19-30(20-24-33)31-21-25-34(26-22-31)45-46-44(38-17-9-10-18-43(38)51-46)39-27-36-15-7-8-16-37(36)28-42(39)48-45/h1-29H. The van der Waals surface area contributed by atoms with Gasteiger partial charge in [0.05, 0.1) is 16.9 Å². The molecule has 0 atom stereocenters. The van der Waals surface area contributed by atoms with Gasteiger partial charge < -0.3 is 4.42 Å². The van der Waals surface area contributed by atoms with Crippen molar-refractivity contribution >= 4 is 43.6 Å². The zero-order chi connectivity index (χ0) is 33.7. The number of fused-ring (bicyclic) bond motifs is 6. The third-order valence-corrected chi connectivity index (χ3v) is 9.68. The Balaban J connectivity index is 1.03. The molecule has 238 valence electrons. The molecule has 0 N–H and O–H groups in total. The number of aromatic nitrogens is 3. The summed E-state index contributed by atoms with van der Waals surface area (Å²) in [6.07, 6.45) is 0. The predicted octanol–water partition coefficient (Wildman–Crippen LogP) is 12.4. The van der Waals surface area contributed by atoms with Crippen LogP contribution in [0.2, 0.25) is 0 Å². The van der Waals surface area contributed by atoms with Gasteiger partial charge in [-0.15, -0.1) is 0 Å². The topological polar surface area (TPSA) is 51.8 Å². The quantitative estimate of drug-likeness (QED) is 0.174. The lowest BCUT2D eigenvalue weighted by atomic mass is 9.98. The monoisotopic (exact) mass is 651 g/mol. The summed E-state index contributed by atoms with van der Waals surface area (Å²) >= 11 is 0. The molecule has 10 rings (SSSR count). The molecule has 0 aliphatic rings. The maximum absolute atomic E-state index is 6.53. The highest BCUT2D eigenvalue weighted by Gasteiger charge is 2.18. The van der Waals surface area contributed by atoms with Gasteiger partial charge in [0.2, 0.25) is 0 Å². The van der Waals surface area contributed by atoms with Crippen LogP contribution in [0.3, 0.4) is 0 Å². The Kier molecular flexibility index (Phi) is 6.78. The molecule has 0 saturated carbocycles. The van der Waals surface area contributed by atoms with Gasteiger partial charge in [0.1, 0.15) is 11.3 Å². The molecule has 0 unspecified atom stereocenters. The van der Waals surface area contributed by atoms with Crippen LogP contribution >= 0.6 is 0 Å². The minimum absolute atomic E-state index is 0.709. The zero-order valence-electron chi connectivity index (χ0n) is 27.5. The molecule has 0 radical (unpaired) electrons. The molecule has 0 fully saturated rings. The normalized spacial score (nSPS) is 11.5. The summed E-state index contributed by atoms with van der Waals surface area (Å²) in [4.78, 5) is 15.2. The maximum Gasteiger partial charge on any atom is 0.162 e. The third-order valence-electron chi connectivity index (χ3n) is 9.68. The van der Waals surface area contributed by atoms with Gasteiger partial charge in [-0.25, -0.2) is 15.0 Å². The summed E-state index contributed by atoms with van der Waals surface area (Å²) in [5, 5.41) is 5.66. The molecular weight excluding hydrogens is 623 g/mol. The van der Waals surface area contributed by atoms with Crippen molar-refractivity contribution in [1.82, 2.24) is 15.0 Å². The van der Waals surface area contributed by atoms with Crippen LogP contribution in [0, 0.1) is 0 Å². The highest BCUT2D eigenvalue weighted by molar-refractivity contribution is 6.22. The van der Waals surface area contributed by atoms with Crippen molar-refractivity contribution in [3.63, 3.8) is 0 Å². The summed E-state index contributed by atoms with van der Waals surface area (Å²) in [6, 6.07) is 60.8. The van der Waals surface area contributed by atoms with Crippen LogP contribution in [0.5, 0.6) is 0 Å². The number of rotatable bonds is 5. The molecule has 51 heavy (non-hydrogen) atoms. The Bertz CT molecular complexity index is 2820. The van der Waals surface area contributed by atoms with Crippen LogP contribution in [0.1, 0.15) is 0 Å². The fraction of sp³-hybridized carbons (Fsp3) is 0. The predicted molar refractivity (Wildman–Crippen MR) is 209 cm³/mol. The number of hydrogen-bond acceptors (Lipinski definition) is 4. The molecule has 4 nitrogen and oxygen atoms in total. The van der Waals surface area contributed by atoms with Crippen molar-refractivity contribution < 1.29 is 4.42 Å². The number of pyridine rings is 1. The molecule has 10 aromatic rings. The maximum atomic E-state index is 6.53. The lowest BCUT2D eigenvalue weighted by Gasteiger charge is -2.11. The van der Waals surface area contributed by atoms with Gasteiger partial charge in [-0.05, 0) is 46.2 Å². The average molecular weight is 652 g/mol. The first-order valence-electron chi connectivity index (χ1n) is 17.1. The van der Waals surface area contributed by atoms with E-state index in [1.54, 1.807) is 0 Å². The molecule has 7 aromatic carbocycles. The van der Waals surface area contributed by atoms with Crippen LogP contribution in [0.15, 0.2) is 180 Å². The van der Waals surface area contributed by atoms with E-state index < -0.39 is 0 Å². The Morgan fingerprint density at radius 2 is 0.902 bits per heavy atom. The Hall–Kier alpha value is -6.91.